The lowest BCUT2D eigenvalue weighted by Gasteiger charge is -2.28. The summed E-state index contributed by atoms with van der Waals surface area (Å²) in [5.74, 6) is -0.654. The van der Waals surface area contributed by atoms with Crippen molar-refractivity contribution in [1.82, 2.24) is 5.32 Å². The first kappa shape index (κ1) is 16.3. The molecular weight excluding hydrogens is 262 g/mol. The SMILES string of the molecule is CCC(CC)(C(=O)NCCS(N)(=O)=O)C(N)=S. The second kappa shape index (κ2) is 6.27. The molecular formula is C9H19N3O3S2. The fourth-order valence-electron chi connectivity index (χ4n) is 1.51. The smallest absolute Gasteiger partial charge is 0.233 e. The van der Waals surface area contributed by atoms with E-state index in [-0.39, 0.29) is 23.2 Å². The number of carbonyl (C=O) groups excluding carboxylic acids is 1. The highest BCUT2D eigenvalue weighted by Crippen LogP contribution is 2.26. The molecule has 0 aliphatic heterocycles. The molecule has 0 aromatic rings. The monoisotopic (exact) mass is 281 g/mol. The number of primary sulfonamides is 1. The molecule has 0 heterocycles. The van der Waals surface area contributed by atoms with Gasteiger partial charge in [-0.1, -0.05) is 26.1 Å². The summed E-state index contributed by atoms with van der Waals surface area (Å²) in [6.45, 7) is 3.58. The van der Waals surface area contributed by atoms with Gasteiger partial charge in [0.25, 0.3) is 0 Å². The molecule has 0 aromatic heterocycles. The number of carbonyl (C=O) groups is 1. The van der Waals surface area contributed by atoms with E-state index in [4.69, 9.17) is 23.1 Å². The molecule has 1 amide bonds. The van der Waals surface area contributed by atoms with Crippen molar-refractivity contribution in [3.8, 4) is 0 Å². The van der Waals surface area contributed by atoms with Crippen molar-refractivity contribution in [2.45, 2.75) is 26.7 Å². The van der Waals surface area contributed by atoms with Gasteiger partial charge in [0.2, 0.25) is 15.9 Å². The standard InChI is InChI=1S/C9H19N3O3S2/c1-3-9(4-2,7(10)16)8(13)12-5-6-17(11,14)15/h3-6H2,1-2H3,(H2,10,16)(H,12,13)(H2,11,14,15). The molecule has 5 N–H and O–H groups in total. The molecule has 100 valence electrons. The lowest BCUT2D eigenvalue weighted by atomic mass is 9.81. The summed E-state index contributed by atoms with van der Waals surface area (Å²) in [6, 6.07) is 0. The fraction of sp³-hybridized carbons (Fsp3) is 0.778. The Morgan fingerprint density at radius 1 is 1.35 bits per heavy atom. The number of sulfonamides is 1. The van der Waals surface area contributed by atoms with Crippen LogP contribution in [-0.4, -0.2) is 31.6 Å². The molecule has 0 aliphatic rings. The summed E-state index contributed by atoms with van der Waals surface area (Å²) in [6.07, 6.45) is 0.945. The Hall–Kier alpha value is -0.730. The minimum atomic E-state index is -3.58. The maximum atomic E-state index is 11.9. The molecule has 0 rings (SSSR count). The van der Waals surface area contributed by atoms with E-state index >= 15 is 0 Å². The number of amides is 1. The minimum Gasteiger partial charge on any atom is -0.392 e. The Balaban J connectivity index is 4.62. The van der Waals surface area contributed by atoms with E-state index < -0.39 is 15.4 Å². The molecule has 0 radical (unpaired) electrons. The molecule has 0 saturated heterocycles. The fourth-order valence-corrected chi connectivity index (χ4v) is 2.28. The molecule has 0 unspecified atom stereocenters. The predicted octanol–water partition coefficient (Wildman–Crippen LogP) is -0.516. The van der Waals surface area contributed by atoms with Crippen LogP contribution in [0.3, 0.4) is 0 Å². The summed E-state index contributed by atoms with van der Waals surface area (Å²) in [5, 5.41) is 7.32. The van der Waals surface area contributed by atoms with Crippen molar-refractivity contribution < 1.29 is 13.2 Å². The van der Waals surface area contributed by atoms with E-state index in [1.54, 1.807) is 0 Å². The van der Waals surface area contributed by atoms with Gasteiger partial charge in [-0.15, -0.1) is 0 Å². The third kappa shape index (κ3) is 4.57. The highest BCUT2D eigenvalue weighted by atomic mass is 32.2. The van der Waals surface area contributed by atoms with Gasteiger partial charge in [0.1, 0.15) is 0 Å². The van der Waals surface area contributed by atoms with E-state index in [1.807, 2.05) is 13.8 Å². The van der Waals surface area contributed by atoms with Crippen molar-refractivity contribution in [3.63, 3.8) is 0 Å². The van der Waals surface area contributed by atoms with Gasteiger partial charge >= 0.3 is 0 Å². The van der Waals surface area contributed by atoms with Crippen LogP contribution in [0.5, 0.6) is 0 Å². The van der Waals surface area contributed by atoms with Gasteiger partial charge in [0.05, 0.1) is 16.2 Å². The van der Waals surface area contributed by atoms with Crippen LogP contribution >= 0.6 is 12.2 Å². The largest absolute Gasteiger partial charge is 0.392 e. The summed E-state index contributed by atoms with van der Waals surface area (Å²) >= 11 is 4.90. The number of nitrogens with two attached hydrogens (primary N) is 2. The van der Waals surface area contributed by atoms with E-state index in [9.17, 15) is 13.2 Å². The van der Waals surface area contributed by atoms with Gasteiger partial charge in [-0.2, -0.15) is 0 Å². The molecule has 0 aromatic carbocycles. The Kier molecular flexibility index (Phi) is 6.00. The molecule has 0 atom stereocenters. The van der Waals surface area contributed by atoms with Gasteiger partial charge in [0.15, 0.2) is 0 Å². The van der Waals surface area contributed by atoms with Crippen molar-refractivity contribution >= 4 is 33.1 Å². The summed E-state index contributed by atoms with van der Waals surface area (Å²) in [5.41, 5.74) is 4.67. The third-order valence-corrected chi connectivity index (χ3v) is 3.95. The summed E-state index contributed by atoms with van der Waals surface area (Å²) < 4.78 is 21.4. The Morgan fingerprint density at radius 2 is 1.82 bits per heavy atom. The first-order valence-corrected chi connectivity index (χ1v) is 7.40. The zero-order valence-corrected chi connectivity index (χ0v) is 11.7. The van der Waals surface area contributed by atoms with Crippen molar-refractivity contribution in [1.29, 1.82) is 0 Å². The maximum Gasteiger partial charge on any atom is 0.233 e. The maximum absolute atomic E-state index is 11.9. The molecule has 0 bridgehead atoms. The highest BCUT2D eigenvalue weighted by Gasteiger charge is 2.37. The van der Waals surface area contributed by atoms with Crippen LogP contribution in [0.4, 0.5) is 0 Å². The van der Waals surface area contributed by atoms with Gasteiger partial charge in [-0.25, -0.2) is 13.6 Å². The van der Waals surface area contributed by atoms with Crippen molar-refractivity contribution in [2.24, 2.45) is 16.3 Å². The first-order valence-electron chi connectivity index (χ1n) is 5.28. The molecule has 0 aliphatic carbocycles. The number of hydrogen-bond acceptors (Lipinski definition) is 4. The van der Waals surface area contributed by atoms with E-state index in [1.165, 1.54) is 0 Å². The quantitative estimate of drug-likeness (QED) is 0.543. The van der Waals surface area contributed by atoms with Gasteiger partial charge in [-0.3, -0.25) is 4.79 Å². The molecule has 0 saturated carbocycles. The van der Waals surface area contributed by atoms with E-state index in [2.05, 4.69) is 5.32 Å². The van der Waals surface area contributed by atoms with Gasteiger partial charge in [0, 0.05) is 6.54 Å². The lowest BCUT2D eigenvalue weighted by molar-refractivity contribution is -0.127. The van der Waals surface area contributed by atoms with Crippen LogP contribution in [0.1, 0.15) is 26.7 Å². The van der Waals surface area contributed by atoms with Crippen LogP contribution in [0.25, 0.3) is 0 Å². The second-order valence-electron chi connectivity index (χ2n) is 3.78. The van der Waals surface area contributed by atoms with Gasteiger partial charge in [-0.05, 0) is 12.8 Å². The van der Waals surface area contributed by atoms with E-state index in [0.717, 1.165) is 0 Å². The normalized spacial score (nSPS) is 12.2. The van der Waals surface area contributed by atoms with E-state index in [0.29, 0.717) is 12.8 Å². The number of nitrogens with one attached hydrogen (secondary N) is 1. The second-order valence-corrected chi connectivity index (χ2v) is 5.95. The molecule has 6 nitrogen and oxygen atoms in total. The molecule has 0 spiro atoms. The van der Waals surface area contributed by atoms with Crippen LogP contribution in [0, 0.1) is 5.41 Å². The molecule has 17 heavy (non-hydrogen) atoms. The van der Waals surface area contributed by atoms with Crippen LogP contribution in [-0.2, 0) is 14.8 Å². The Bertz CT molecular complexity index is 388. The zero-order chi connectivity index (χ0) is 13.7. The minimum absolute atomic E-state index is 0.0397. The van der Waals surface area contributed by atoms with Crippen LogP contribution in [0.15, 0.2) is 0 Å². The zero-order valence-electron chi connectivity index (χ0n) is 10.0. The molecule has 0 fully saturated rings. The first-order chi connectivity index (χ1) is 7.69. The highest BCUT2D eigenvalue weighted by molar-refractivity contribution is 7.89. The summed E-state index contributed by atoms with van der Waals surface area (Å²) in [4.78, 5) is 12.1. The lowest BCUT2D eigenvalue weighted by Crippen LogP contribution is -2.49. The topological polar surface area (TPSA) is 115 Å². The van der Waals surface area contributed by atoms with Crippen molar-refractivity contribution in [3.05, 3.63) is 0 Å². The number of rotatable bonds is 7. The predicted molar refractivity (Wildman–Crippen MR) is 70.8 cm³/mol. The number of hydrogen-bond donors (Lipinski definition) is 3. The average molecular weight is 281 g/mol. The Morgan fingerprint density at radius 3 is 2.12 bits per heavy atom. The average Bonchev–Trinajstić information content (AvgIpc) is 2.17. The van der Waals surface area contributed by atoms with Crippen LogP contribution in [0.2, 0.25) is 0 Å². The van der Waals surface area contributed by atoms with Crippen LogP contribution < -0.4 is 16.2 Å². The third-order valence-electron chi connectivity index (χ3n) is 2.79. The van der Waals surface area contributed by atoms with Crippen molar-refractivity contribution in [2.75, 3.05) is 12.3 Å². The molecule has 8 heteroatoms. The van der Waals surface area contributed by atoms with Gasteiger partial charge < -0.3 is 11.1 Å². The summed E-state index contributed by atoms with van der Waals surface area (Å²) in [7, 11) is -3.58. The Labute approximate surface area is 107 Å². The number of thiocarbonyl (C=S) groups is 1.